The Morgan fingerprint density at radius 1 is 1.50 bits per heavy atom. The molecule has 0 spiro atoms. The summed E-state index contributed by atoms with van der Waals surface area (Å²) in [6.07, 6.45) is 0.924. The van der Waals surface area contributed by atoms with Gasteiger partial charge < -0.3 is 11.1 Å². The number of hydrogen-bond acceptors (Lipinski definition) is 4. The molecule has 20 heavy (non-hydrogen) atoms. The Bertz CT molecular complexity index is 542. The number of amides is 1. The van der Waals surface area contributed by atoms with Gasteiger partial charge in [-0.2, -0.15) is 0 Å². The number of aliphatic imine (C=N–C) groups is 1. The van der Waals surface area contributed by atoms with Gasteiger partial charge in [0, 0.05) is 17.4 Å². The number of hydrogen-bond donors (Lipinski definition) is 2. The summed E-state index contributed by atoms with van der Waals surface area (Å²) in [6.45, 7) is 5.97. The van der Waals surface area contributed by atoms with Gasteiger partial charge in [0.05, 0.1) is 5.54 Å². The van der Waals surface area contributed by atoms with E-state index in [4.69, 9.17) is 5.73 Å². The Morgan fingerprint density at radius 3 is 2.90 bits per heavy atom. The van der Waals surface area contributed by atoms with Crippen LogP contribution in [-0.2, 0) is 5.54 Å². The minimum atomic E-state index is -0.330. The van der Waals surface area contributed by atoms with Gasteiger partial charge in [-0.25, -0.2) is 0 Å². The van der Waals surface area contributed by atoms with Gasteiger partial charge in [0.15, 0.2) is 5.17 Å². The third-order valence-electron chi connectivity index (χ3n) is 3.36. The SMILES string of the molecule is CC(C)NC(=O)c1cccc(C2(C)CCSC(N)=N2)c1. The fourth-order valence-electron chi connectivity index (χ4n) is 2.24. The van der Waals surface area contributed by atoms with Gasteiger partial charge in [-0.3, -0.25) is 9.79 Å². The van der Waals surface area contributed by atoms with Crippen LogP contribution in [0, 0.1) is 0 Å². The number of nitrogens with two attached hydrogens (primary N) is 1. The second-order valence-corrected chi connectivity index (χ2v) is 6.65. The summed E-state index contributed by atoms with van der Waals surface area (Å²) >= 11 is 1.58. The highest BCUT2D eigenvalue weighted by molar-refractivity contribution is 8.13. The third kappa shape index (κ3) is 3.33. The van der Waals surface area contributed by atoms with Crippen molar-refractivity contribution in [3.05, 3.63) is 35.4 Å². The monoisotopic (exact) mass is 291 g/mol. The van der Waals surface area contributed by atoms with Crippen LogP contribution < -0.4 is 11.1 Å². The summed E-state index contributed by atoms with van der Waals surface area (Å²) in [6, 6.07) is 7.79. The van der Waals surface area contributed by atoms with Crippen LogP contribution in [-0.4, -0.2) is 22.9 Å². The largest absolute Gasteiger partial charge is 0.379 e. The van der Waals surface area contributed by atoms with Gasteiger partial charge in [-0.05, 0) is 44.9 Å². The van der Waals surface area contributed by atoms with Gasteiger partial charge in [0.2, 0.25) is 0 Å². The van der Waals surface area contributed by atoms with E-state index in [1.165, 1.54) is 0 Å². The molecule has 1 unspecified atom stereocenters. The van der Waals surface area contributed by atoms with E-state index in [2.05, 4.69) is 17.2 Å². The summed E-state index contributed by atoms with van der Waals surface area (Å²) in [5, 5.41) is 3.53. The van der Waals surface area contributed by atoms with Crippen molar-refractivity contribution >= 4 is 22.8 Å². The number of benzene rings is 1. The van der Waals surface area contributed by atoms with Gasteiger partial charge >= 0.3 is 0 Å². The number of carbonyl (C=O) groups excluding carboxylic acids is 1. The highest BCUT2D eigenvalue weighted by Gasteiger charge is 2.29. The number of amidine groups is 1. The second-order valence-electron chi connectivity index (χ2n) is 5.53. The lowest BCUT2D eigenvalue weighted by Crippen LogP contribution is -2.31. The first-order valence-corrected chi connectivity index (χ1v) is 7.79. The molecular formula is C15H21N3OS. The van der Waals surface area contributed by atoms with E-state index in [1.807, 2.05) is 38.1 Å². The Labute approximate surface area is 124 Å². The molecule has 108 valence electrons. The van der Waals surface area contributed by atoms with Crippen molar-refractivity contribution in [3.63, 3.8) is 0 Å². The molecule has 0 saturated heterocycles. The fourth-order valence-corrected chi connectivity index (χ4v) is 3.21. The van der Waals surface area contributed by atoms with Crippen molar-refractivity contribution in [2.24, 2.45) is 10.7 Å². The molecule has 5 heteroatoms. The van der Waals surface area contributed by atoms with Gasteiger partial charge in [-0.1, -0.05) is 23.9 Å². The Morgan fingerprint density at radius 2 is 2.25 bits per heavy atom. The quantitative estimate of drug-likeness (QED) is 0.899. The van der Waals surface area contributed by atoms with Gasteiger partial charge in [0.25, 0.3) is 5.91 Å². The average Bonchev–Trinajstić information content (AvgIpc) is 2.38. The molecule has 3 N–H and O–H groups in total. The maximum atomic E-state index is 12.1. The molecule has 0 saturated carbocycles. The summed E-state index contributed by atoms with van der Waals surface area (Å²) in [7, 11) is 0. The number of rotatable bonds is 3. The highest BCUT2D eigenvalue weighted by atomic mass is 32.2. The van der Waals surface area contributed by atoms with Crippen molar-refractivity contribution in [2.75, 3.05) is 5.75 Å². The van der Waals surface area contributed by atoms with E-state index in [-0.39, 0.29) is 17.5 Å². The molecule has 1 aliphatic heterocycles. The molecular weight excluding hydrogens is 270 g/mol. The molecule has 0 fully saturated rings. The van der Waals surface area contributed by atoms with Gasteiger partial charge in [0.1, 0.15) is 0 Å². The van der Waals surface area contributed by atoms with Crippen LogP contribution in [0.15, 0.2) is 29.3 Å². The highest BCUT2D eigenvalue weighted by Crippen LogP contribution is 2.35. The summed E-state index contributed by atoms with van der Waals surface area (Å²) in [5.41, 5.74) is 7.22. The van der Waals surface area contributed by atoms with Crippen molar-refractivity contribution in [1.82, 2.24) is 5.32 Å². The molecule has 1 atom stereocenters. The van der Waals surface area contributed by atoms with Crippen molar-refractivity contribution < 1.29 is 4.79 Å². The van der Waals surface area contributed by atoms with Gasteiger partial charge in [-0.15, -0.1) is 0 Å². The predicted octanol–water partition coefficient (Wildman–Crippen LogP) is 2.49. The normalized spacial score (nSPS) is 22.5. The zero-order valence-corrected chi connectivity index (χ0v) is 13.0. The van der Waals surface area contributed by atoms with Crippen LogP contribution in [0.1, 0.15) is 43.1 Å². The lowest BCUT2D eigenvalue weighted by molar-refractivity contribution is 0.0943. The first kappa shape index (κ1) is 14.9. The molecule has 1 aromatic carbocycles. The smallest absolute Gasteiger partial charge is 0.251 e. The van der Waals surface area contributed by atoms with Crippen LogP contribution in [0.3, 0.4) is 0 Å². The molecule has 2 rings (SSSR count). The standard InChI is InChI=1S/C15H21N3OS/c1-10(2)17-13(19)11-5-4-6-12(9-11)15(3)7-8-20-14(16)18-15/h4-6,9-10H,7-8H2,1-3H3,(H2,16,18)(H,17,19). The third-order valence-corrected chi connectivity index (χ3v) is 4.16. The molecule has 0 radical (unpaired) electrons. The van der Waals surface area contributed by atoms with E-state index in [9.17, 15) is 4.79 Å². The minimum absolute atomic E-state index is 0.0485. The maximum absolute atomic E-state index is 12.1. The first-order valence-electron chi connectivity index (χ1n) is 6.80. The summed E-state index contributed by atoms with van der Waals surface area (Å²) < 4.78 is 0. The van der Waals surface area contributed by atoms with Crippen LogP contribution in [0.2, 0.25) is 0 Å². The number of nitrogens with zero attached hydrogens (tertiary/aromatic N) is 1. The molecule has 0 aromatic heterocycles. The second kappa shape index (κ2) is 5.87. The summed E-state index contributed by atoms with van der Waals surface area (Å²) in [4.78, 5) is 16.7. The Balaban J connectivity index is 2.30. The number of thioether (sulfide) groups is 1. The van der Waals surface area contributed by atoms with Crippen LogP contribution in [0.5, 0.6) is 0 Å². The van der Waals surface area contributed by atoms with Crippen molar-refractivity contribution in [2.45, 2.75) is 38.8 Å². The van der Waals surface area contributed by atoms with Crippen LogP contribution in [0.25, 0.3) is 0 Å². The van der Waals surface area contributed by atoms with E-state index >= 15 is 0 Å². The maximum Gasteiger partial charge on any atom is 0.251 e. The number of nitrogens with one attached hydrogen (secondary N) is 1. The number of carbonyl (C=O) groups is 1. The van der Waals surface area contributed by atoms with E-state index < -0.39 is 0 Å². The Kier molecular flexibility index (Phi) is 4.38. The van der Waals surface area contributed by atoms with Crippen LogP contribution in [0.4, 0.5) is 0 Å². The zero-order chi connectivity index (χ0) is 14.8. The fraction of sp³-hybridized carbons (Fsp3) is 0.467. The lowest BCUT2D eigenvalue weighted by atomic mass is 9.88. The van der Waals surface area contributed by atoms with E-state index in [0.717, 1.165) is 17.7 Å². The predicted molar refractivity (Wildman–Crippen MR) is 85.1 cm³/mol. The molecule has 1 aliphatic rings. The molecule has 4 nitrogen and oxygen atoms in total. The Hall–Kier alpha value is -1.49. The minimum Gasteiger partial charge on any atom is -0.379 e. The van der Waals surface area contributed by atoms with Crippen LogP contribution >= 0.6 is 11.8 Å². The average molecular weight is 291 g/mol. The molecule has 0 bridgehead atoms. The van der Waals surface area contributed by atoms with E-state index in [0.29, 0.717) is 10.7 Å². The topological polar surface area (TPSA) is 67.5 Å². The summed E-state index contributed by atoms with van der Waals surface area (Å²) in [5.74, 6) is 0.904. The zero-order valence-electron chi connectivity index (χ0n) is 12.1. The van der Waals surface area contributed by atoms with Crippen molar-refractivity contribution in [3.8, 4) is 0 Å². The van der Waals surface area contributed by atoms with E-state index in [1.54, 1.807) is 11.8 Å². The molecule has 1 amide bonds. The molecule has 0 aliphatic carbocycles. The lowest BCUT2D eigenvalue weighted by Gasteiger charge is -2.30. The molecule has 1 heterocycles. The first-order chi connectivity index (χ1) is 9.40. The molecule has 1 aromatic rings. The van der Waals surface area contributed by atoms with Crippen molar-refractivity contribution in [1.29, 1.82) is 0 Å².